The molecule has 1 saturated carbocycles. The third-order valence-corrected chi connectivity index (χ3v) is 2.45. The SMILES string of the molecule is NCC(=O)NCC1(CCO)CC1. The van der Waals surface area contributed by atoms with Gasteiger partial charge in [-0.1, -0.05) is 0 Å². The maximum absolute atomic E-state index is 10.8. The molecule has 4 heteroatoms. The Morgan fingerprint density at radius 1 is 1.58 bits per heavy atom. The fourth-order valence-corrected chi connectivity index (χ4v) is 1.29. The molecule has 70 valence electrons. The van der Waals surface area contributed by atoms with Crippen LogP contribution in [0, 0.1) is 5.41 Å². The first kappa shape index (κ1) is 9.48. The number of hydrogen-bond donors (Lipinski definition) is 3. The molecular formula is C8H16N2O2. The smallest absolute Gasteiger partial charge is 0.233 e. The summed E-state index contributed by atoms with van der Waals surface area (Å²) in [6.45, 7) is 0.928. The van der Waals surface area contributed by atoms with Crippen LogP contribution in [0.4, 0.5) is 0 Å². The van der Waals surface area contributed by atoms with E-state index in [-0.39, 0.29) is 24.5 Å². The monoisotopic (exact) mass is 172 g/mol. The van der Waals surface area contributed by atoms with E-state index in [1.54, 1.807) is 0 Å². The van der Waals surface area contributed by atoms with E-state index in [1.807, 2.05) is 0 Å². The van der Waals surface area contributed by atoms with Crippen LogP contribution in [0.2, 0.25) is 0 Å². The van der Waals surface area contributed by atoms with Crippen molar-refractivity contribution in [1.29, 1.82) is 0 Å². The Bertz CT molecular complexity index is 166. The van der Waals surface area contributed by atoms with Crippen LogP contribution in [0.3, 0.4) is 0 Å². The molecule has 1 aliphatic carbocycles. The van der Waals surface area contributed by atoms with Crippen molar-refractivity contribution in [2.75, 3.05) is 19.7 Å². The second kappa shape index (κ2) is 3.87. The zero-order chi connectivity index (χ0) is 9.03. The average molecular weight is 172 g/mol. The van der Waals surface area contributed by atoms with Crippen molar-refractivity contribution in [3.05, 3.63) is 0 Å². The third kappa shape index (κ3) is 2.46. The minimum Gasteiger partial charge on any atom is -0.396 e. The summed E-state index contributed by atoms with van der Waals surface area (Å²) in [7, 11) is 0. The first-order chi connectivity index (χ1) is 5.72. The normalized spacial score (nSPS) is 18.8. The summed E-state index contributed by atoms with van der Waals surface area (Å²) < 4.78 is 0. The van der Waals surface area contributed by atoms with Gasteiger partial charge in [0.2, 0.25) is 5.91 Å². The summed E-state index contributed by atoms with van der Waals surface area (Å²) in [4.78, 5) is 10.8. The zero-order valence-corrected chi connectivity index (χ0v) is 7.18. The standard InChI is InChI=1S/C8H16N2O2/c9-5-7(12)10-6-8(1-2-8)3-4-11/h11H,1-6,9H2,(H,10,12). The highest BCUT2D eigenvalue weighted by Gasteiger charge is 2.41. The molecular weight excluding hydrogens is 156 g/mol. The van der Waals surface area contributed by atoms with Gasteiger partial charge >= 0.3 is 0 Å². The Hall–Kier alpha value is -0.610. The number of amides is 1. The van der Waals surface area contributed by atoms with Crippen LogP contribution < -0.4 is 11.1 Å². The molecule has 4 nitrogen and oxygen atoms in total. The Morgan fingerprint density at radius 3 is 2.67 bits per heavy atom. The summed E-state index contributed by atoms with van der Waals surface area (Å²) in [5.41, 5.74) is 5.33. The van der Waals surface area contributed by atoms with E-state index in [1.165, 1.54) is 0 Å². The van der Waals surface area contributed by atoms with Crippen LogP contribution in [0.15, 0.2) is 0 Å². The van der Waals surface area contributed by atoms with E-state index < -0.39 is 0 Å². The average Bonchev–Trinajstić information content (AvgIpc) is 2.82. The molecule has 0 aliphatic heterocycles. The minimum atomic E-state index is -0.112. The van der Waals surface area contributed by atoms with Gasteiger partial charge in [-0.25, -0.2) is 0 Å². The predicted molar refractivity (Wildman–Crippen MR) is 45.4 cm³/mol. The number of hydrogen-bond acceptors (Lipinski definition) is 3. The number of rotatable bonds is 5. The van der Waals surface area contributed by atoms with Crippen LogP contribution in [0.5, 0.6) is 0 Å². The number of aliphatic hydroxyl groups excluding tert-OH is 1. The minimum absolute atomic E-state index is 0.0508. The lowest BCUT2D eigenvalue weighted by Gasteiger charge is -2.13. The van der Waals surface area contributed by atoms with Gasteiger partial charge in [-0.3, -0.25) is 4.79 Å². The molecule has 4 N–H and O–H groups in total. The molecule has 0 radical (unpaired) electrons. The lowest BCUT2D eigenvalue weighted by atomic mass is 10.0. The van der Waals surface area contributed by atoms with Gasteiger partial charge in [0.1, 0.15) is 0 Å². The Labute approximate surface area is 72.1 Å². The molecule has 0 aromatic carbocycles. The van der Waals surface area contributed by atoms with Crippen LogP contribution in [0.25, 0.3) is 0 Å². The Morgan fingerprint density at radius 2 is 2.25 bits per heavy atom. The predicted octanol–water partition coefficient (Wildman–Crippen LogP) is -0.776. The van der Waals surface area contributed by atoms with E-state index in [9.17, 15) is 4.79 Å². The molecule has 0 aromatic rings. The maximum Gasteiger partial charge on any atom is 0.233 e. The van der Waals surface area contributed by atoms with Crippen molar-refractivity contribution in [3.8, 4) is 0 Å². The van der Waals surface area contributed by atoms with Crippen molar-refractivity contribution >= 4 is 5.91 Å². The van der Waals surface area contributed by atoms with Crippen LogP contribution in [0.1, 0.15) is 19.3 Å². The van der Waals surface area contributed by atoms with E-state index in [4.69, 9.17) is 10.8 Å². The number of aliphatic hydroxyl groups is 1. The van der Waals surface area contributed by atoms with Crippen molar-refractivity contribution in [3.63, 3.8) is 0 Å². The fourth-order valence-electron chi connectivity index (χ4n) is 1.29. The largest absolute Gasteiger partial charge is 0.396 e. The molecule has 12 heavy (non-hydrogen) atoms. The lowest BCUT2D eigenvalue weighted by Crippen LogP contribution is -2.35. The Kier molecular flexibility index (Phi) is 3.05. The molecule has 1 aliphatic rings. The molecule has 0 aromatic heterocycles. The lowest BCUT2D eigenvalue weighted by molar-refractivity contribution is -0.120. The molecule has 0 atom stereocenters. The van der Waals surface area contributed by atoms with Gasteiger partial charge in [-0.15, -0.1) is 0 Å². The summed E-state index contributed by atoms with van der Waals surface area (Å²) in [6, 6.07) is 0. The quantitative estimate of drug-likeness (QED) is 0.509. The van der Waals surface area contributed by atoms with Crippen LogP contribution >= 0.6 is 0 Å². The van der Waals surface area contributed by atoms with Crippen molar-refractivity contribution < 1.29 is 9.90 Å². The summed E-state index contributed by atoms with van der Waals surface area (Å²) >= 11 is 0. The highest BCUT2D eigenvalue weighted by Crippen LogP contribution is 2.47. The van der Waals surface area contributed by atoms with E-state index >= 15 is 0 Å². The molecule has 0 saturated heterocycles. The Balaban J connectivity index is 2.17. The van der Waals surface area contributed by atoms with Gasteiger partial charge in [0, 0.05) is 13.2 Å². The van der Waals surface area contributed by atoms with Crippen LogP contribution in [-0.4, -0.2) is 30.7 Å². The van der Waals surface area contributed by atoms with Gasteiger partial charge < -0.3 is 16.2 Å². The third-order valence-electron chi connectivity index (χ3n) is 2.45. The van der Waals surface area contributed by atoms with Crippen LogP contribution in [-0.2, 0) is 4.79 Å². The van der Waals surface area contributed by atoms with Gasteiger partial charge in [0.25, 0.3) is 0 Å². The molecule has 0 bridgehead atoms. The molecule has 1 amide bonds. The van der Waals surface area contributed by atoms with E-state index in [0.29, 0.717) is 6.54 Å². The number of carbonyl (C=O) groups excluding carboxylic acids is 1. The number of carbonyl (C=O) groups is 1. The zero-order valence-electron chi connectivity index (χ0n) is 7.18. The van der Waals surface area contributed by atoms with Gasteiger partial charge in [-0.2, -0.15) is 0 Å². The summed E-state index contributed by atoms with van der Waals surface area (Å²) in [6.07, 6.45) is 3.01. The molecule has 0 heterocycles. The van der Waals surface area contributed by atoms with Crippen molar-refractivity contribution in [1.82, 2.24) is 5.32 Å². The summed E-state index contributed by atoms with van der Waals surface area (Å²) in [5.74, 6) is -0.112. The second-order valence-corrected chi connectivity index (χ2v) is 3.45. The van der Waals surface area contributed by atoms with E-state index in [2.05, 4.69) is 5.32 Å². The molecule has 1 fully saturated rings. The molecule has 0 spiro atoms. The first-order valence-corrected chi connectivity index (χ1v) is 4.30. The van der Waals surface area contributed by atoms with Crippen molar-refractivity contribution in [2.24, 2.45) is 11.1 Å². The van der Waals surface area contributed by atoms with E-state index in [0.717, 1.165) is 19.3 Å². The highest BCUT2D eigenvalue weighted by atomic mass is 16.3. The number of nitrogens with two attached hydrogens (primary N) is 1. The number of nitrogens with one attached hydrogen (secondary N) is 1. The van der Waals surface area contributed by atoms with Gasteiger partial charge in [-0.05, 0) is 24.7 Å². The van der Waals surface area contributed by atoms with Gasteiger partial charge in [0.15, 0.2) is 0 Å². The molecule has 0 unspecified atom stereocenters. The second-order valence-electron chi connectivity index (χ2n) is 3.45. The van der Waals surface area contributed by atoms with Crippen molar-refractivity contribution in [2.45, 2.75) is 19.3 Å². The first-order valence-electron chi connectivity index (χ1n) is 4.30. The topological polar surface area (TPSA) is 75.4 Å². The fraction of sp³-hybridized carbons (Fsp3) is 0.875. The maximum atomic E-state index is 10.8. The van der Waals surface area contributed by atoms with Gasteiger partial charge in [0.05, 0.1) is 6.54 Å². The summed E-state index contributed by atoms with van der Waals surface area (Å²) in [5, 5.41) is 11.5. The molecule has 1 rings (SSSR count). The highest BCUT2D eigenvalue weighted by molar-refractivity contribution is 5.77.